The average molecular weight is 362 g/mol. The van der Waals surface area contributed by atoms with Gasteiger partial charge in [0.15, 0.2) is 15.8 Å². The van der Waals surface area contributed by atoms with Crippen LogP contribution in [-0.4, -0.2) is 57.0 Å². The van der Waals surface area contributed by atoms with E-state index in [0.717, 1.165) is 31.9 Å². The lowest BCUT2D eigenvalue weighted by Crippen LogP contribution is -2.40. The third-order valence-corrected chi connectivity index (χ3v) is 6.83. The predicted octanol–water partition coefficient (Wildman–Crippen LogP) is 2.04. The Morgan fingerprint density at radius 2 is 2.12 bits per heavy atom. The molecule has 0 bridgehead atoms. The van der Waals surface area contributed by atoms with Gasteiger partial charge in [0.25, 0.3) is 0 Å². The Morgan fingerprint density at radius 1 is 1.32 bits per heavy atom. The lowest BCUT2D eigenvalue weighted by molar-refractivity contribution is 0.482. The first kappa shape index (κ1) is 18.0. The molecule has 0 aromatic heterocycles. The lowest BCUT2D eigenvalue weighted by atomic mass is 9.99. The molecule has 3 rings (SSSR count). The zero-order chi connectivity index (χ0) is 17.7. The number of nitrogens with one attached hydrogen (secondary N) is 1. The fourth-order valence-corrected chi connectivity index (χ4v) is 5.46. The van der Waals surface area contributed by atoms with Crippen LogP contribution in [-0.2, 0) is 9.84 Å². The van der Waals surface area contributed by atoms with Crippen molar-refractivity contribution in [3.63, 3.8) is 0 Å². The first-order chi connectivity index (χ1) is 12.1. The van der Waals surface area contributed by atoms with Gasteiger partial charge in [0.1, 0.15) is 0 Å². The molecule has 2 unspecified atom stereocenters. The van der Waals surface area contributed by atoms with Gasteiger partial charge in [-0.05, 0) is 24.3 Å². The van der Waals surface area contributed by atoms with Crippen LogP contribution in [0.1, 0.15) is 24.3 Å². The summed E-state index contributed by atoms with van der Waals surface area (Å²) in [7, 11) is -2.84. The standard InChI is InChI=1S/C19H27N3O2S/c1-2-10-20-19(21-13-16-9-12-25(23,24)15-16)22-11-8-18(14-22)17-6-4-3-5-7-17/h2-7,16,18H,1,8-15H2,(H,20,21). The SMILES string of the molecule is C=CCNC(=NCC1CCS(=O)(=O)C1)N1CCC(c2ccccc2)C1. The van der Waals surface area contributed by atoms with Crippen molar-refractivity contribution in [2.75, 3.05) is 37.7 Å². The molecule has 2 saturated heterocycles. The molecule has 0 amide bonds. The van der Waals surface area contributed by atoms with Crippen LogP contribution in [0.2, 0.25) is 0 Å². The smallest absolute Gasteiger partial charge is 0.194 e. The molecule has 1 aromatic carbocycles. The van der Waals surface area contributed by atoms with Gasteiger partial charge in [-0.25, -0.2) is 8.42 Å². The van der Waals surface area contributed by atoms with E-state index in [1.807, 2.05) is 12.1 Å². The molecule has 2 aliphatic rings. The Morgan fingerprint density at radius 3 is 2.80 bits per heavy atom. The summed E-state index contributed by atoms with van der Waals surface area (Å²) in [6.07, 6.45) is 3.66. The summed E-state index contributed by atoms with van der Waals surface area (Å²) in [5.74, 6) is 2.13. The molecule has 5 nitrogen and oxygen atoms in total. The Labute approximate surface area is 150 Å². The molecule has 0 radical (unpaired) electrons. The van der Waals surface area contributed by atoms with Crippen LogP contribution in [0, 0.1) is 5.92 Å². The predicted molar refractivity (Wildman–Crippen MR) is 103 cm³/mol. The topological polar surface area (TPSA) is 61.8 Å². The molecule has 0 saturated carbocycles. The highest BCUT2D eigenvalue weighted by Gasteiger charge is 2.29. The molecule has 1 aromatic rings. The summed E-state index contributed by atoms with van der Waals surface area (Å²) in [6, 6.07) is 10.6. The van der Waals surface area contributed by atoms with Crippen molar-refractivity contribution in [1.29, 1.82) is 0 Å². The molecule has 136 valence electrons. The fourth-order valence-electron chi connectivity index (χ4n) is 3.61. The van der Waals surface area contributed by atoms with Gasteiger partial charge in [-0.1, -0.05) is 36.4 Å². The molecule has 6 heteroatoms. The van der Waals surface area contributed by atoms with Crippen molar-refractivity contribution in [1.82, 2.24) is 10.2 Å². The molecule has 0 aliphatic carbocycles. The number of hydrogen-bond acceptors (Lipinski definition) is 3. The minimum Gasteiger partial charge on any atom is -0.353 e. The van der Waals surface area contributed by atoms with Crippen molar-refractivity contribution in [3.05, 3.63) is 48.6 Å². The van der Waals surface area contributed by atoms with E-state index in [2.05, 4.69) is 41.1 Å². The lowest BCUT2D eigenvalue weighted by Gasteiger charge is -2.22. The highest BCUT2D eigenvalue weighted by Crippen LogP contribution is 2.27. The highest BCUT2D eigenvalue weighted by atomic mass is 32.2. The normalized spacial score (nSPS) is 25.9. The first-order valence-electron chi connectivity index (χ1n) is 8.97. The largest absolute Gasteiger partial charge is 0.353 e. The van der Waals surface area contributed by atoms with Gasteiger partial charge < -0.3 is 10.2 Å². The van der Waals surface area contributed by atoms with Gasteiger partial charge in [-0.3, -0.25) is 4.99 Å². The average Bonchev–Trinajstić information content (AvgIpc) is 3.22. The Bertz CT molecular complexity index is 715. The summed E-state index contributed by atoms with van der Waals surface area (Å²) >= 11 is 0. The van der Waals surface area contributed by atoms with Crippen LogP contribution in [0.3, 0.4) is 0 Å². The molecule has 2 heterocycles. The molecule has 1 N–H and O–H groups in total. The van der Waals surface area contributed by atoms with Gasteiger partial charge in [-0.2, -0.15) is 0 Å². The van der Waals surface area contributed by atoms with E-state index in [-0.39, 0.29) is 11.7 Å². The number of hydrogen-bond donors (Lipinski definition) is 1. The van der Waals surface area contributed by atoms with E-state index < -0.39 is 9.84 Å². The summed E-state index contributed by atoms with van der Waals surface area (Å²) < 4.78 is 23.3. The first-order valence-corrected chi connectivity index (χ1v) is 10.8. The molecule has 2 aliphatic heterocycles. The van der Waals surface area contributed by atoms with Gasteiger partial charge in [0, 0.05) is 32.1 Å². The van der Waals surface area contributed by atoms with E-state index in [4.69, 9.17) is 4.99 Å². The quantitative estimate of drug-likeness (QED) is 0.495. The monoisotopic (exact) mass is 361 g/mol. The second-order valence-electron chi connectivity index (χ2n) is 6.95. The van der Waals surface area contributed by atoms with Crippen LogP contribution < -0.4 is 5.32 Å². The molecular formula is C19H27N3O2S. The Hall–Kier alpha value is -1.82. The van der Waals surface area contributed by atoms with Crippen molar-refractivity contribution in [3.8, 4) is 0 Å². The van der Waals surface area contributed by atoms with E-state index >= 15 is 0 Å². The minimum atomic E-state index is -2.84. The summed E-state index contributed by atoms with van der Waals surface area (Å²) in [5, 5.41) is 3.34. The van der Waals surface area contributed by atoms with Crippen molar-refractivity contribution in [2.24, 2.45) is 10.9 Å². The van der Waals surface area contributed by atoms with Crippen molar-refractivity contribution < 1.29 is 8.42 Å². The second kappa shape index (κ2) is 8.04. The van der Waals surface area contributed by atoms with Crippen LogP contribution >= 0.6 is 0 Å². The van der Waals surface area contributed by atoms with Crippen LogP contribution in [0.4, 0.5) is 0 Å². The van der Waals surface area contributed by atoms with Gasteiger partial charge in [-0.15, -0.1) is 6.58 Å². The van der Waals surface area contributed by atoms with E-state index in [1.54, 1.807) is 0 Å². The molecular weight excluding hydrogens is 334 g/mol. The summed E-state index contributed by atoms with van der Waals surface area (Å²) in [5.41, 5.74) is 1.37. The van der Waals surface area contributed by atoms with E-state index in [9.17, 15) is 8.42 Å². The zero-order valence-electron chi connectivity index (χ0n) is 14.6. The maximum atomic E-state index is 11.6. The number of nitrogens with zero attached hydrogens (tertiary/aromatic N) is 2. The summed E-state index contributed by atoms with van der Waals surface area (Å²) in [6.45, 7) is 6.90. The molecule has 0 spiro atoms. The van der Waals surface area contributed by atoms with Crippen molar-refractivity contribution >= 4 is 15.8 Å². The third-order valence-electron chi connectivity index (χ3n) is 4.99. The van der Waals surface area contributed by atoms with E-state index in [1.165, 1.54) is 5.56 Å². The number of sulfone groups is 1. The molecule has 25 heavy (non-hydrogen) atoms. The maximum Gasteiger partial charge on any atom is 0.194 e. The number of likely N-dealkylation sites (tertiary alicyclic amines) is 1. The number of benzene rings is 1. The Kier molecular flexibility index (Phi) is 5.78. The number of rotatable bonds is 5. The number of guanidine groups is 1. The van der Waals surface area contributed by atoms with Crippen LogP contribution in [0.25, 0.3) is 0 Å². The van der Waals surface area contributed by atoms with Crippen LogP contribution in [0.5, 0.6) is 0 Å². The molecule has 2 atom stereocenters. The second-order valence-corrected chi connectivity index (χ2v) is 9.17. The Balaban J connectivity index is 1.64. The van der Waals surface area contributed by atoms with Crippen molar-refractivity contribution in [2.45, 2.75) is 18.8 Å². The third kappa shape index (κ3) is 4.84. The highest BCUT2D eigenvalue weighted by molar-refractivity contribution is 7.91. The molecule has 2 fully saturated rings. The minimum absolute atomic E-state index is 0.151. The fraction of sp³-hybridized carbons (Fsp3) is 0.526. The number of aliphatic imine (C=N–C) groups is 1. The van der Waals surface area contributed by atoms with Gasteiger partial charge >= 0.3 is 0 Å². The van der Waals surface area contributed by atoms with Gasteiger partial charge in [0.2, 0.25) is 0 Å². The summed E-state index contributed by atoms with van der Waals surface area (Å²) in [4.78, 5) is 7.02. The maximum absolute atomic E-state index is 11.6. The van der Waals surface area contributed by atoms with Crippen LogP contribution in [0.15, 0.2) is 48.0 Å². The van der Waals surface area contributed by atoms with E-state index in [0.29, 0.717) is 24.8 Å². The zero-order valence-corrected chi connectivity index (χ0v) is 15.4. The van der Waals surface area contributed by atoms with Gasteiger partial charge in [0.05, 0.1) is 11.5 Å².